The molecular weight excluding hydrogens is 288 g/mol. The molecule has 0 unspecified atom stereocenters. The highest BCUT2D eigenvalue weighted by Gasteiger charge is 2.33. The van der Waals surface area contributed by atoms with E-state index >= 15 is 0 Å². The summed E-state index contributed by atoms with van der Waals surface area (Å²) < 4.78 is 4.99. The lowest BCUT2D eigenvalue weighted by Crippen LogP contribution is -2.39. The number of carbonyl (C=O) groups is 2. The Hall–Kier alpha value is -2.12. The van der Waals surface area contributed by atoms with E-state index in [4.69, 9.17) is 9.84 Å². The Morgan fingerprint density at radius 2 is 2.00 bits per heavy atom. The molecular formula is C15H20N2O5. The maximum atomic E-state index is 11.9. The van der Waals surface area contributed by atoms with Crippen LogP contribution in [0.1, 0.15) is 5.56 Å². The zero-order chi connectivity index (χ0) is 15.9. The first-order chi connectivity index (χ1) is 10.6. The van der Waals surface area contributed by atoms with Gasteiger partial charge in [-0.1, -0.05) is 30.3 Å². The fraction of sp³-hybridized carbons (Fsp3) is 0.467. The zero-order valence-corrected chi connectivity index (χ0v) is 12.1. The van der Waals surface area contributed by atoms with Gasteiger partial charge < -0.3 is 25.2 Å². The van der Waals surface area contributed by atoms with Gasteiger partial charge in [0.1, 0.15) is 13.2 Å². The van der Waals surface area contributed by atoms with Crippen molar-refractivity contribution in [2.45, 2.75) is 12.7 Å². The lowest BCUT2D eigenvalue weighted by molar-refractivity contribution is -0.129. The number of carbonyl (C=O) groups excluding carboxylic acids is 2. The number of rotatable bonds is 5. The van der Waals surface area contributed by atoms with Gasteiger partial charge in [0, 0.05) is 19.0 Å². The Morgan fingerprint density at radius 1 is 1.27 bits per heavy atom. The topological polar surface area (TPSA) is 99.1 Å². The number of aliphatic hydroxyl groups excluding tert-OH is 2. The smallest absolute Gasteiger partial charge is 0.407 e. The Labute approximate surface area is 128 Å². The van der Waals surface area contributed by atoms with E-state index in [1.54, 1.807) is 0 Å². The zero-order valence-electron chi connectivity index (χ0n) is 12.1. The third-order valence-electron chi connectivity index (χ3n) is 3.59. The Kier molecular flexibility index (Phi) is 5.74. The van der Waals surface area contributed by atoms with Crippen molar-refractivity contribution in [3.63, 3.8) is 0 Å². The normalized spacial score (nSPS) is 20.7. The summed E-state index contributed by atoms with van der Waals surface area (Å²) in [6, 6.07) is 9.22. The highest BCUT2D eigenvalue weighted by molar-refractivity contribution is 5.82. The minimum Gasteiger partial charge on any atom is -0.445 e. The molecule has 0 aromatic heterocycles. The van der Waals surface area contributed by atoms with E-state index in [2.05, 4.69) is 5.32 Å². The number of hydrogen-bond acceptors (Lipinski definition) is 5. The molecule has 1 aromatic carbocycles. The molecule has 2 rings (SSSR count). The van der Waals surface area contributed by atoms with Crippen LogP contribution < -0.4 is 5.32 Å². The van der Waals surface area contributed by atoms with Crippen molar-refractivity contribution >= 4 is 12.0 Å². The number of benzene rings is 1. The van der Waals surface area contributed by atoms with E-state index in [0.29, 0.717) is 0 Å². The summed E-state index contributed by atoms with van der Waals surface area (Å²) in [7, 11) is 0. The van der Waals surface area contributed by atoms with Crippen LogP contribution in [0.15, 0.2) is 30.3 Å². The number of alkyl carbamates (subject to hydrolysis) is 1. The largest absolute Gasteiger partial charge is 0.445 e. The number of amides is 2. The molecule has 1 aromatic rings. The van der Waals surface area contributed by atoms with Gasteiger partial charge >= 0.3 is 6.09 Å². The van der Waals surface area contributed by atoms with Gasteiger partial charge in [-0.3, -0.25) is 4.79 Å². The van der Waals surface area contributed by atoms with Crippen LogP contribution in [0.3, 0.4) is 0 Å². The van der Waals surface area contributed by atoms with Gasteiger partial charge in [0.2, 0.25) is 5.91 Å². The molecule has 3 N–H and O–H groups in total. The second-order valence-corrected chi connectivity index (χ2v) is 5.22. The quantitative estimate of drug-likeness (QED) is 0.695. The molecule has 2 atom stereocenters. The van der Waals surface area contributed by atoms with Crippen LogP contribution in [0.4, 0.5) is 4.79 Å². The van der Waals surface area contributed by atoms with Crippen LogP contribution in [-0.4, -0.2) is 59.5 Å². The van der Waals surface area contributed by atoms with Gasteiger partial charge in [-0.2, -0.15) is 0 Å². The molecule has 2 amide bonds. The molecule has 0 bridgehead atoms. The third-order valence-corrected chi connectivity index (χ3v) is 3.59. The maximum Gasteiger partial charge on any atom is 0.407 e. The molecule has 1 aliphatic rings. The van der Waals surface area contributed by atoms with Gasteiger partial charge in [-0.25, -0.2) is 4.79 Å². The lowest BCUT2D eigenvalue weighted by atomic mass is 10.1. The number of hydrogen-bond donors (Lipinski definition) is 3. The van der Waals surface area contributed by atoms with Crippen molar-refractivity contribution in [1.29, 1.82) is 0 Å². The molecule has 120 valence electrons. The van der Waals surface area contributed by atoms with Crippen LogP contribution in [0.2, 0.25) is 0 Å². The molecule has 22 heavy (non-hydrogen) atoms. The molecule has 0 spiro atoms. The first kappa shape index (κ1) is 16.3. The van der Waals surface area contributed by atoms with Crippen LogP contribution in [0.25, 0.3) is 0 Å². The monoisotopic (exact) mass is 308 g/mol. The summed E-state index contributed by atoms with van der Waals surface area (Å²) in [5.41, 5.74) is 0.859. The van der Waals surface area contributed by atoms with Crippen molar-refractivity contribution in [3.05, 3.63) is 35.9 Å². The molecule has 0 radical (unpaired) electrons. The van der Waals surface area contributed by atoms with Gasteiger partial charge in [-0.05, 0) is 5.56 Å². The number of ether oxygens (including phenoxy) is 1. The third kappa shape index (κ3) is 4.44. The van der Waals surface area contributed by atoms with Crippen molar-refractivity contribution in [2.75, 3.05) is 26.2 Å². The molecule has 7 nitrogen and oxygen atoms in total. The summed E-state index contributed by atoms with van der Waals surface area (Å²) in [4.78, 5) is 24.8. The minimum atomic E-state index is -0.723. The van der Waals surface area contributed by atoms with Crippen LogP contribution >= 0.6 is 0 Å². The van der Waals surface area contributed by atoms with E-state index < -0.39 is 12.2 Å². The van der Waals surface area contributed by atoms with Crippen LogP contribution in [0.5, 0.6) is 0 Å². The Morgan fingerprint density at radius 3 is 2.64 bits per heavy atom. The standard InChI is InChI=1S/C15H20N2O5/c18-9-12-7-17(8-13(12)19)14(20)6-16-15(21)22-10-11-4-2-1-3-5-11/h1-5,12-13,18-19H,6-10H2,(H,16,21)/t12-,13-/m0/s1. The molecule has 1 heterocycles. The second kappa shape index (κ2) is 7.77. The Bertz CT molecular complexity index is 508. The summed E-state index contributed by atoms with van der Waals surface area (Å²) in [6.45, 7) is 0.230. The van der Waals surface area contributed by atoms with Crippen molar-refractivity contribution in [3.8, 4) is 0 Å². The van der Waals surface area contributed by atoms with Gasteiger partial charge in [0.25, 0.3) is 0 Å². The number of nitrogens with one attached hydrogen (secondary N) is 1. The van der Waals surface area contributed by atoms with Crippen LogP contribution in [0, 0.1) is 5.92 Å². The molecule has 1 saturated heterocycles. The molecule has 1 fully saturated rings. The van der Waals surface area contributed by atoms with Gasteiger partial charge in [0.15, 0.2) is 0 Å². The van der Waals surface area contributed by atoms with Crippen molar-refractivity contribution < 1.29 is 24.5 Å². The minimum absolute atomic E-state index is 0.135. The number of β-amino-alcohol motifs (C(OH)–C–C–N with tert-alkyl or cyclic N) is 1. The van der Waals surface area contributed by atoms with E-state index in [-0.39, 0.29) is 44.7 Å². The van der Waals surface area contributed by atoms with Crippen LogP contribution in [-0.2, 0) is 16.1 Å². The van der Waals surface area contributed by atoms with E-state index in [1.165, 1.54) is 4.90 Å². The fourth-order valence-electron chi connectivity index (χ4n) is 2.27. The fourth-order valence-corrected chi connectivity index (χ4v) is 2.27. The number of nitrogens with zero attached hydrogens (tertiary/aromatic N) is 1. The molecule has 0 aliphatic carbocycles. The summed E-state index contributed by atoms with van der Waals surface area (Å²) in [5, 5.41) is 21.1. The van der Waals surface area contributed by atoms with E-state index in [1.807, 2.05) is 30.3 Å². The maximum absolute atomic E-state index is 11.9. The van der Waals surface area contributed by atoms with Crippen molar-refractivity contribution in [1.82, 2.24) is 10.2 Å². The highest BCUT2D eigenvalue weighted by atomic mass is 16.5. The molecule has 1 aliphatic heterocycles. The number of aliphatic hydroxyl groups is 2. The average molecular weight is 308 g/mol. The summed E-state index contributed by atoms with van der Waals surface area (Å²) in [5.74, 6) is -0.638. The second-order valence-electron chi connectivity index (χ2n) is 5.22. The van der Waals surface area contributed by atoms with Gasteiger partial charge in [-0.15, -0.1) is 0 Å². The predicted octanol–water partition coefficient (Wildman–Crippen LogP) is -0.276. The van der Waals surface area contributed by atoms with Crippen molar-refractivity contribution in [2.24, 2.45) is 5.92 Å². The Balaban J connectivity index is 1.69. The van der Waals surface area contributed by atoms with E-state index in [9.17, 15) is 14.7 Å². The summed E-state index contributed by atoms with van der Waals surface area (Å²) >= 11 is 0. The molecule has 0 saturated carbocycles. The predicted molar refractivity (Wildman–Crippen MR) is 77.8 cm³/mol. The first-order valence-corrected chi connectivity index (χ1v) is 7.11. The SMILES string of the molecule is O=C(NCC(=O)N1C[C@@H](CO)[C@@H](O)C1)OCc1ccccc1. The average Bonchev–Trinajstić information content (AvgIpc) is 2.92. The lowest BCUT2D eigenvalue weighted by Gasteiger charge is -2.16. The molecule has 7 heteroatoms. The first-order valence-electron chi connectivity index (χ1n) is 7.11. The summed E-state index contributed by atoms with van der Waals surface area (Å²) in [6.07, 6.45) is -1.39. The highest BCUT2D eigenvalue weighted by Crippen LogP contribution is 2.16. The number of likely N-dealkylation sites (tertiary alicyclic amines) is 1. The van der Waals surface area contributed by atoms with E-state index in [0.717, 1.165) is 5.56 Å². The van der Waals surface area contributed by atoms with Gasteiger partial charge in [0.05, 0.1) is 12.7 Å².